The van der Waals surface area contributed by atoms with Crippen LogP contribution in [0.5, 0.6) is 5.75 Å². The minimum atomic E-state index is -1.16. The molecular formula is C26H19FN2O4. The molecular weight excluding hydrogens is 423 g/mol. The predicted molar refractivity (Wildman–Crippen MR) is 122 cm³/mol. The van der Waals surface area contributed by atoms with E-state index in [0.29, 0.717) is 22.4 Å². The molecule has 2 heterocycles. The van der Waals surface area contributed by atoms with E-state index >= 15 is 0 Å². The number of ketones is 1. The van der Waals surface area contributed by atoms with E-state index in [4.69, 9.17) is 4.74 Å². The van der Waals surface area contributed by atoms with E-state index in [1.54, 1.807) is 48.7 Å². The minimum absolute atomic E-state index is 0.0981. The van der Waals surface area contributed by atoms with Crippen LogP contribution in [0.15, 0.2) is 84.6 Å². The maximum atomic E-state index is 15.0. The van der Waals surface area contributed by atoms with Crippen molar-refractivity contribution in [3.63, 3.8) is 0 Å². The van der Waals surface area contributed by atoms with Gasteiger partial charge in [0.25, 0.3) is 11.7 Å². The van der Waals surface area contributed by atoms with Gasteiger partial charge in [0, 0.05) is 40.0 Å². The van der Waals surface area contributed by atoms with Crippen molar-refractivity contribution in [2.45, 2.75) is 6.04 Å². The first-order valence-corrected chi connectivity index (χ1v) is 10.3. The largest absolute Gasteiger partial charge is 0.507 e. The van der Waals surface area contributed by atoms with Crippen molar-refractivity contribution in [3.05, 3.63) is 102 Å². The number of aliphatic hydroxyl groups is 1. The monoisotopic (exact) mass is 442 g/mol. The molecule has 1 unspecified atom stereocenters. The van der Waals surface area contributed by atoms with E-state index in [9.17, 15) is 19.1 Å². The molecule has 6 nitrogen and oxygen atoms in total. The van der Waals surface area contributed by atoms with E-state index in [1.165, 1.54) is 30.2 Å². The fraction of sp³-hybridized carbons (Fsp3) is 0.0769. The van der Waals surface area contributed by atoms with Gasteiger partial charge in [0.05, 0.1) is 18.7 Å². The molecule has 0 spiro atoms. The molecule has 1 amide bonds. The van der Waals surface area contributed by atoms with Crippen LogP contribution in [0.3, 0.4) is 0 Å². The lowest BCUT2D eigenvalue weighted by Gasteiger charge is -2.26. The average Bonchev–Trinajstić information content (AvgIpc) is 3.38. The molecule has 1 aliphatic rings. The highest BCUT2D eigenvalue weighted by Crippen LogP contribution is 2.44. The first kappa shape index (κ1) is 20.5. The smallest absolute Gasteiger partial charge is 0.300 e. The van der Waals surface area contributed by atoms with Gasteiger partial charge in [0.1, 0.15) is 17.3 Å². The number of nitrogens with one attached hydrogen (secondary N) is 1. The third-order valence-corrected chi connectivity index (χ3v) is 5.82. The molecule has 0 saturated carbocycles. The second-order valence-corrected chi connectivity index (χ2v) is 7.64. The lowest BCUT2D eigenvalue weighted by atomic mass is 9.94. The fourth-order valence-electron chi connectivity index (χ4n) is 4.26. The number of hydrogen-bond acceptors (Lipinski definition) is 4. The van der Waals surface area contributed by atoms with E-state index in [1.807, 2.05) is 12.1 Å². The summed E-state index contributed by atoms with van der Waals surface area (Å²) in [5, 5.41) is 12.0. The number of methoxy groups -OCH3 is 1. The number of carbonyl (C=O) groups is 2. The highest BCUT2D eigenvalue weighted by molar-refractivity contribution is 6.51. The number of hydrogen-bond donors (Lipinski definition) is 2. The number of nitrogens with zero attached hydrogens (tertiary/aromatic N) is 1. The Morgan fingerprint density at radius 1 is 1.03 bits per heavy atom. The molecule has 1 atom stereocenters. The van der Waals surface area contributed by atoms with Crippen molar-refractivity contribution in [3.8, 4) is 5.75 Å². The number of benzene rings is 3. The van der Waals surface area contributed by atoms with Crippen LogP contribution in [0.25, 0.3) is 16.7 Å². The minimum Gasteiger partial charge on any atom is -0.507 e. The maximum Gasteiger partial charge on any atom is 0.300 e. The molecule has 164 valence electrons. The fourth-order valence-corrected chi connectivity index (χ4v) is 4.26. The van der Waals surface area contributed by atoms with Gasteiger partial charge in [-0.2, -0.15) is 0 Å². The van der Waals surface area contributed by atoms with Gasteiger partial charge < -0.3 is 14.8 Å². The lowest BCUT2D eigenvalue weighted by Crippen LogP contribution is -2.29. The summed E-state index contributed by atoms with van der Waals surface area (Å²) in [5.41, 5.74) is 1.38. The number of ether oxygens (including phenoxy) is 1. The van der Waals surface area contributed by atoms with Gasteiger partial charge in [0.15, 0.2) is 0 Å². The highest BCUT2D eigenvalue weighted by Gasteiger charge is 2.48. The van der Waals surface area contributed by atoms with Crippen LogP contribution in [0.1, 0.15) is 17.2 Å². The summed E-state index contributed by atoms with van der Waals surface area (Å²) in [6, 6.07) is 18.6. The zero-order valence-corrected chi connectivity index (χ0v) is 17.6. The van der Waals surface area contributed by atoms with Gasteiger partial charge in [0.2, 0.25) is 0 Å². The predicted octanol–water partition coefficient (Wildman–Crippen LogP) is 4.94. The normalized spacial score (nSPS) is 17.6. The number of halogens is 1. The summed E-state index contributed by atoms with van der Waals surface area (Å²) >= 11 is 0. The Bertz CT molecular complexity index is 1440. The number of Topliss-reactive ketones (excluding diaryl/α,β-unsaturated/α-hetero) is 1. The van der Waals surface area contributed by atoms with Crippen LogP contribution in [-0.2, 0) is 9.59 Å². The van der Waals surface area contributed by atoms with Crippen LogP contribution in [0.4, 0.5) is 10.1 Å². The number of H-pyrrole nitrogens is 1. The number of para-hydroxylation sites is 1. The lowest BCUT2D eigenvalue weighted by molar-refractivity contribution is -0.132. The van der Waals surface area contributed by atoms with Crippen molar-refractivity contribution < 1.29 is 23.8 Å². The van der Waals surface area contributed by atoms with Crippen LogP contribution in [-0.4, -0.2) is 28.9 Å². The number of fused-ring (bicyclic) bond motifs is 1. The van der Waals surface area contributed by atoms with E-state index in [-0.39, 0.29) is 16.9 Å². The molecule has 1 aliphatic heterocycles. The molecule has 3 aromatic carbocycles. The standard InChI is InChI=1S/C26H19FN2O4/c1-33-16-8-6-7-15(13-16)29-23(18-10-2-4-11-20(18)27)22(25(31)26(29)32)24(30)19-14-28-21-12-5-3-9-17(19)21/h2-14,23,28,30H,1H3/b24-22+. The van der Waals surface area contributed by atoms with Crippen molar-refractivity contribution in [2.24, 2.45) is 0 Å². The second-order valence-electron chi connectivity index (χ2n) is 7.64. The summed E-state index contributed by atoms with van der Waals surface area (Å²) in [4.78, 5) is 30.7. The summed E-state index contributed by atoms with van der Waals surface area (Å²) in [7, 11) is 1.48. The molecule has 0 bridgehead atoms. The van der Waals surface area contributed by atoms with Gasteiger partial charge in [-0.15, -0.1) is 0 Å². The first-order chi connectivity index (χ1) is 16.0. The number of aromatic nitrogens is 1. The second kappa shape index (κ2) is 7.94. The number of aromatic amines is 1. The highest BCUT2D eigenvalue weighted by atomic mass is 19.1. The topological polar surface area (TPSA) is 82.6 Å². The number of anilines is 1. The summed E-state index contributed by atoms with van der Waals surface area (Å²) in [6.07, 6.45) is 1.57. The average molecular weight is 442 g/mol. The molecule has 1 aromatic heterocycles. The molecule has 0 radical (unpaired) electrons. The Hall–Kier alpha value is -4.39. The zero-order chi connectivity index (χ0) is 23.1. The Balaban J connectivity index is 1.78. The van der Waals surface area contributed by atoms with Gasteiger partial charge in [-0.3, -0.25) is 14.5 Å². The third-order valence-electron chi connectivity index (χ3n) is 5.82. The van der Waals surface area contributed by atoms with Crippen molar-refractivity contribution in [1.29, 1.82) is 0 Å². The Labute approximate surface area is 188 Å². The molecule has 5 rings (SSSR count). The molecule has 33 heavy (non-hydrogen) atoms. The van der Waals surface area contributed by atoms with E-state index in [0.717, 1.165) is 5.52 Å². The molecule has 1 saturated heterocycles. The molecule has 4 aromatic rings. The van der Waals surface area contributed by atoms with Gasteiger partial charge in [-0.05, 0) is 24.3 Å². The Kier molecular flexibility index (Phi) is 4.94. The molecule has 1 fully saturated rings. The zero-order valence-electron chi connectivity index (χ0n) is 17.6. The van der Waals surface area contributed by atoms with Gasteiger partial charge in [-0.25, -0.2) is 4.39 Å². The van der Waals surface area contributed by atoms with E-state index in [2.05, 4.69) is 4.98 Å². The van der Waals surface area contributed by atoms with Crippen LogP contribution in [0, 0.1) is 5.82 Å². The third kappa shape index (κ3) is 3.25. The van der Waals surface area contributed by atoms with Gasteiger partial charge in [-0.1, -0.05) is 42.5 Å². The number of aliphatic hydroxyl groups excluding tert-OH is 1. The molecule has 2 N–H and O–H groups in total. The van der Waals surface area contributed by atoms with Crippen molar-refractivity contribution in [2.75, 3.05) is 12.0 Å². The molecule has 7 heteroatoms. The summed E-state index contributed by atoms with van der Waals surface area (Å²) in [5.74, 6) is -2.25. The Morgan fingerprint density at radius 3 is 2.58 bits per heavy atom. The van der Waals surface area contributed by atoms with Crippen LogP contribution in [0.2, 0.25) is 0 Å². The van der Waals surface area contributed by atoms with Crippen LogP contribution >= 0.6 is 0 Å². The SMILES string of the molecule is COc1cccc(N2C(=O)C(=O)/C(=C(/O)c3c[nH]c4ccccc34)C2c2ccccc2F)c1. The van der Waals surface area contributed by atoms with Crippen molar-refractivity contribution >= 4 is 34.0 Å². The first-order valence-electron chi connectivity index (χ1n) is 10.3. The number of amides is 1. The molecule has 0 aliphatic carbocycles. The van der Waals surface area contributed by atoms with Crippen LogP contribution < -0.4 is 9.64 Å². The quantitative estimate of drug-likeness (QED) is 0.266. The maximum absolute atomic E-state index is 15.0. The summed E-state index contributed by atoms with van der Waals surface area (Å²) < 4.78 is 20.2. The Morgan fingerprint density at radius 2 is 1.79 bits per heavy atom. The number of rotatable bonds is 4. The van der Waals surface area contributed by atoms with E-state index < -0.39 is 23.5 Å². The van der Waals surface area contributed by atoms with Gasteiger partial charge >= 0.3 is 0 Å². The number of carbonyl (C=O) groups excluding carboxylic acids is 2. The van der Waals surface area contributed by atoms with Crippen molar-refractivity contribution in [1.82, 2.24) is 4.98 Å². The summed E-state index contributed by atoms with van der Waals surface area (Å²) in [6.45, 7) is 0.